The molecule has 0 radical (unpaired) electrons. The lowest BCUT2D eigenvalue weighted by Gasteiger charge is -2.13. The highest BCUT2D eigenvalue weighted by atomic mass is 35.5. The third kappa shape index (κ3) is 2.79. The van der Waals surface area contributed by atoms with Crippen molar-refractivity contribution >= 4 is 23.2 Å². The normalized spacial score (nSPS) is 16.4. The summed E-state index contributed by atoms with van der Waals surface area (Å²) < 4.78 is 0. The number of hydrogen-bond donors (Lipinski definition) is 1. The van der Waals surface area contributed by atoms with Crippen molar-refractivity contribution in [3.63, 3.8) is 0 Å². The minimum Gasteiger partial charge on any atom is -0.384 e. The maximum Gasteiger partial charge on any atom is 0.104 e. The van der Waals surface area contributed by atoms with Crippen molar-refractivity contribution in [3.8, 4) is 0 Å². The fraction of sp³-hybridized carbons (Fsp3) is 0.250. The summed E-state index contributed by atoms with van der Waals surface area (Å²) in [5.74, 6) is 0.733. The van der Waals surface area contributed by atoms with E-state index in [-0.39, 0.29) is 0 Å². The van der Waals surface area contributed by atoms with Crippen molar-refractivity contribution in [1.82, 2.24) is 0 Å². The Morgan fingerprint density at radius 3 is 2.11 bits per heavy atom. The molecule has 0 saturated heterocycles. The molecule has 1 atom stereocenters. The SMILES string of the molecule is OC(c1ccc(C2CC2)cc1)c1ccc(Cl)c(Cl)c1. The Labute approximate surface area is 122 Å². The summed E-state index contributed by atoms with van der Waals surface area (Å²) in [6, 6.07) is 13.4. The van der Waals surface area contributed by atoms with Gasteiger partial charge in [-0.15, -0.1) is 0 Å². The van der Waals surface area contributed by atoms with Crippen LogP contribution in [0.15, 0.2) is 42.5 Å². The predicted molar refractivity (Wildman–Crippen MR) is 78.9 cm³/mol. The minimum atomic E-state index is -0.664. The summed E-state index contributed by atoms with van der Waals surface area (Å²) in [5.41, 5.74) is 3.00. The van der Waals surface area contributed by atoms with Gasteiger partial charge < -0.3 is 5.11 Å². The molecule has 3 heteroatoms. The molecule has 19 heavy (non-hydrogen) atoms. The smallest absolute Gasteiger partial charge is 0.104 e. The maximum atomic E-state index is 10.4. The molecule has 2 aromatic carbocycles. The van der Waals surface area contributed by atoms with Gasteiger partial charge in [0, 0.05) is 0 Å². The monoisotopic (exact) mass is 292 g/mol. The van der Waals surface area contributed by atoms with Crippen molar-refractivity contribution in [2.24, 2.45) is 0 Å². The number of rotatable bonds is 3. The first-order valence-electron chi connectivity index (χ1n) is 6.38. The zero-order valence-electron chi connectivity index (χ0n) is 10.3. The highest BCUT2D eigenvalue weighted by molar-refractivity contribution is 6.42. The van der Waals surface area contributed by atoms with Crippen LogP contribution in [0.4, 0.5) is 0 Å². The molecule has 1 saturated carbocycles. The highest BCUT2D eigenvalue weighted by Crippen LogP contribution is 2.40. The van der Waals surface area contributed by atoms with E-state index in [1.807, 2.05) is 12.1 Å². The molecule has 3 rings (SSSR count). The maximum absolute atomic E-state index is 10.4. The van der Waals surface area contributed by atoms with Gasteiger partial charge in [-0.05, 0) is 47.6 Å². The van der Waals surface area contributed by atoms with Gasteiger partial charge in [0.15, 0.2) is 0 Å². The molecule has 0 aliphatic heterocycles. The molecule has 98 valence electrons. The van der Waals surface area contributed by atoms with Gasteiger partial charge >= 0.3 is 0 Å². The fourth-order valence-corrected chi connectivity index (χ4v) is 2.55. The second-order valence-electron chi connectivity index (χ2n) is 5.02. The van der Waals surface area contributed by atoms with E-state index in [4.69, 9.17) is 23.2 Å². The molecule has 0 spiro atoms. The van der Waals surface area contributed by atoms with Crippen LogP contribution in [-0.4, -0.2) is 5.11 Å². The summed E-state index contributed by atoms with van der Waals surface area (Å²) in [6.07, 6.45) is 1.91. The number of aliphatic hydroxyl groups excluding tert-OH is 1. The Balaban J connectivity index is 1.85. The van der Waals surface area contributed by atoms with Crippen molar-refractivity contribution in [1.29, 1.82) is 0 Å². The molecular weight excluding hydrogens is 279 g/mol. The van der Waals surface area contributed by atoms with E-state index in [2.05, 4.69) is 12.1 Å². The number of aliphatic hydroxyl groups is 1. The molecule has 1 N–H and O–H groups in total. The molecule has 0 amide bonds. The molecule has 1 nitrogen and oxygen atoms in total. The van der Waals surface area contributed by atoms with Crippen LogP contribution in [0.3, 0.4) is 0 Å². The van der Waals surface area contributed by atoms with Gasteiger partial charge in [-0.1, -0.05) is 53.5 Å². The Morgan fingerprint density at radius 2 is 1.53 bits per heavy atom. The number of benzene rings is 2. The van der Waals surface area contributed by atoms with Crippen LogP contribution in [-0.2, 0) is 0 Å². The highest BCUT2D eigenvalue weighted by Gasteiger charge is 2.23. The van der Waals surface area contributed by atoms with Crippen molar-refractivity contribution in [2.75, 3.05) is 0 Å². The van der Waals surface area contributed by atoms with Crippen molar-refractivity contribution in [2.45, 2.75) is 24.9 Å². The number of halogens is 2. The van der Waals surface area contributed by atoms with Crippen molar-refractivity contribution in [3.05, 3.63) is 69.2 Å². The van der Waals surface area contributed by atoms with E-state index in [9.17, 15) is 5.11 Å². The molecule has 2 aromatic rings. The zero-order valence-corrected chi connectivity index (χ0v) is 11.8. The molecule has 1 fully saturated rings. The van der Waals surface area contributed by atoms with Crippen molar-refractivity contribution < 1.29 is 5.11 Å². The summed E-state index contributed by atoms with van der Waals surface area (Å²) in [7, 11) is 0. The van der Waals surface area contributed by atoms with Crippen LogP contribution >= 0.6 is 23.2 Å². The fourth-order valence-electron chi connectivity index (χ4n) is 2.24. The zero-order chi connectivity index (χ0) is 13.4. The summed E-state index contributed by atoms with van der Waals surface area (Å²) in [6.45, 7) is 0. The van der Waals surface area contributed by atoms with E-state index in [0.29, 0.717) is 10.0 Å². The first kappa shape index (κ1) is 13.0. The Morgan fingerprint density at radius 1 is 0.895 bits per heavy atom. The van der Waals surface area contributed by atoms with E-state index in [1.165, 1.54) is 18.4 Å². The van der Waals surface area contributed by atoms with Gasteiger partial charge in [0.2, 0.25) is 0 Å². The van der Waals surface area contributed by atoms with Gasteiger partial charge in [-0.2, -0.15) is 0 Å². The lowest BCUT2D eigenvalue weighted by Crippen LogP contribution is -1.99. The topological polar surface area (TPSA) is 20.2 Å². The minimum absolute atomic E-state index is 0.466. The summed E-state index contributed by atoms with van der Waals surface area (Å²) in [5, 5.41) is 11.3. The van der Waals surface area contributed by atoms with Crippen LogP contribution in [0.1, 0.15) is 41.6 Å². The van der Waals surface area contributed by atoms with E-state index >= 15 is 0 Å². The summed E-state index contributed by atoms with van der Waals surface area (Å²) in [4.78, 5) is 0. The lowest BCUT2D eigenvalue weighted by molar-refractivity contribution is 0.220. The van der Waals surface area contributed by atoms with Gasteiger partial charge in [0.1, 0.15) is 6.10 Å². The van der Waals surface area contributed by atoms with Crippen LogP contribution in [0.5, 0.6) is 0 Å². The van der Waals surface area contributed by atoms with Gasteiger partial charge in [0.05, 0.1) is 10.0 Å². The first-order chi connectivity index (χ1) is 9.15. The average Bonchev–Trinajstić information content (AvgIpc) is 3.26. The standard InChI is InChI=1S/C16H14Cl2O/c17-14-8-7-13(9-15(14)18)16(19)12-5-3-11(4-6-12)10-1-2-10/h3-10,16,19H,1-2H2. The third-order valence-electron chi connectivity index (χ3n) is 3.56. The molecule has 1 aliphatic carbocycles. The second kappa shape index (κ2) is 5.16. The quantitative estimate of drug-likeness (QED) is 0.848. The predicted octanol–water partition coefficient (Wildman–Crippen LogP) is 4.95. The number of hydrogen-bond acceptors (Lipinski definition) is 1. The molecule has 1 unspecified atom stereocenters. The first-order valence-corrected chi connectivity index (χ1v) is 7.13. The Hall–Kier alpha value is -1.02. The van der Waals surface area contributed by atoms with Crippen LogP contribution in [0, 0.1) is 0 Å². The summed E-state index contributed by atoms with van der Waals surface area (Å²) >= 11 is 11.9. The Bertz CT molecular complexity index is 588. The largest absolute Gasteiger partial charge is 0.384 e. The third-order valence-corrected chi connectivity index (χ3v) is 4.30. The second-order valence-corrected chi connectivity index (χ2v) is 5.83. The van der Waals surface area contributed by atoms with Crippen LogP contribution in [0.2, 0.25) is 10.0 Å². The average molecular weight is 293 g/mol. The molecule has 0 bridgehead atoms. The molecule has 0 heterocycles. The Kier molecular flexibility index (Phi) is 3.53. The van der Waals surface area contributed by atoms with Gasteiger partial charge in [-0.25, -0.2) is 0 Å². The van der Waals surface area contributed by atoms with Gasteiger partial charge in [0.25, 0.3) is 0 Å². The lowest BCUT2D eigenvalue weighted by atomic mass is 9.99. The van der Waals surface area contributed by atoms with E-state index in [0.717, 1.165) is 17.0 Å². The van der Waals surface area contributed by atoms with Crippen LogP contribution < -0.4 is 0 Å². The van der Waals surface area contributed by atoms with Crippen LogP contribution in [0.25, 0.3) is 0 Å². The molecule has 1 aliphatic rings. The molecular formula is C16H14Cl2O. The van der Waals surface area contributed by atoms with Gasteiger partial charge in [-0.3, -0.25) is 0 Å². The molecule has 0 aromatic heterocycles. The van der Waals surface area contributed by atoms with E-state index in [1.54, 1.807) is 18.2 Å². The van der Waals surface area contributed by atoms with E-state index < -0.39 is 6.10 Å².